The first-order chi connectivity index (χ1) is 13.8. The highest BCUT2D eigenvalue weighted by atomic mass is 16.2. The summed E-state index contributed by atoms with van der Waals surface area (Å²) in [6, 6.07) is 11.1. The highest BCUT2D eigenvalue weighted by molar-refractivity contribution is 6.02. The quantitative estimate of drug-likeness (QED) is 0.560. The standard InChI is InChI=1S/C20H18N6O3/c1-4-25-11-13(9-21)19(28)26(20(25)29)12-17(27)14(10-22)18-23(2)15-7-5-6-8-16(15)24(18)3/h5-8,11H,4,12H2,1-3H3. The summed E-state index contributed by atoms with van der Waals surface area (Å²) < 4.78 is 1.88. The Morgan fingerprint density at radius 3 is 2.14 bits per heavy atom. The first kappa shape index (κ1) is 19.6. The van der Waals surface area contributed by atoms with Crippen LogP contribution in [0.3, 0.4) is 0 Å². The molecule has 0 N–H and O–H groups in total. The number of fused-ring (bicyclic) bond motifs is 1. The van der Waals surface area contributed by atoms with Crippen molar-refractivity contribution in [1.82, 2.24) is 9.13 Å². The second-order valence-electron chi connectivity index (χ2n) is 6.45. The molecule has 0 aliphatic carbocycles. The van der Waals surface area contributed by atoms with Crippen LogP contribution in [0.15, 0.2) is 51.4 Å². The number of hydrogen-bond donors (Lipinski definition) is 0. The maximum atomic E-state index is 13.0. The van der Waals surface area contributed by atoms with Gasteiger partial charge in [-0.15, -0.1) is 0 Å². The zero-order valence-corrected chi connectivity index (χ0v) is 16.2. The van der Waals surface area contributed by atoms with Crippen molar-refractivity contribution in [2.24, 2.45) is 0 Å². The average Bonchev–Trinajstić information content (AvgIpc) is 2.97. The molecule has 2 heterocycles. The zero-order chi connectivity index (χ0) is 21.3. The number of para-hydroxylation sites is 2. The Morgan fingerprint density at radius 2 is 1.66 bits per heavy atom. The van der Waals surface area contributed by atoms with Crippen molar-refractivity contribution in [3.63, 3.8) is 0 Å². The van der Waals surface area contributed by atoms with Gasteiger partial charge in [0.1, 0.15) is 29.1 Å². The van der Waals surface area contributed by atoms with E-state index in [0.29, 0.717) is 10.4 Å². The molecule has 2 aromatic rings. The maximum Gasteiger partial charge on any atom is 0.331 e. The van der Waals surface area contributed by atoms with Crippen LogP contribution in [-0.4, -0.2) is 29.0 Å². The Hall–Kier alpha value is -4.11. The van der Waals surface area contributed by atoms with E-state index in [2.05, 4.69) is 0 Å². The van der Waals surface area contributed by atoms with Crippen LogP contribution in [0.25, 0.3) is 0 Å². The van der Waals surface area contributed by atoms with Gasteiger partial charge in [0.25, 0.3) is 5.56 Å². The topological polar surface area (TPSA) is 115 Å². The second kappa shape index (κ2) is 7.49. The number of benzene rings is 1. The molecule has 146 valence electrons. The number of anilines is 2. The highest BCUT2D eigenvalue weighted by Gasteiger charge is 2.31. The van der Waals surface area contributed by atoms with Crippen LogP contribution in [0, 0.1) is 22.7 Å². The van der Waals surface area contributed by atoms with E-state index in [1.807, 2.05) is 30.3 Å². The lowest BCUT2D eigenvalue weighted by molar-refractivity contribution is -0.115. The minimum Gasteiger partial charge on any atom is -0.328 e. The number of allylic oxidation sites excluding steroid dienone is 1. The first-order valence-corrected chi connectivity index (χ1v) is 8.84. The number of carbonyl (C=O) groups is 1. The Morgan fingerprint density at radius 1 is 1.07 bits per heavy atom. The minimum absolute atomic E-state index is 0.178. The molecule has 3 rings (SSSR count). The third-order valence-electron chi connectivity index (χ3n) is 4.85. The molecule has 1 aliphatic rings. The Kier molecular flexibility index (Phi) is 5.07. The maximum absolute atomic E-state index is 13.0. The molecule has 0 unspecified atom stereocenters. The Bertz CT molecular complexity index is 1210. The molecule has 0 atom stereocenters. The average molecular weight is 390 g/mol. The normalized spacial score (nSPS) is 12.4. The first-order valence-electron chi connectivity index (χ1n) is 8.84. The van der Waals surface area contributed by atoms with Gasteiger partial charge >= 0.3 is 5.69 Å². The summed E-state index contributed by atoms with van der Waals surface area (Å²) in [6.07, 6.45) is 1.17. The smallest absolute Gasteiger partial charge is 0.328 e. The van der Waals surface area contributed by atoms with Crippen LogP contribution in [0.2, 0.25) is 0 Å². The van der Waals surface area contributed by atoms with Gasteiger partial charge in [0.05, 0.1) is 17.9 Å². The molecular weight excluding hydrogens is 372 g/mol. The predicted octanol–water partition coefficient (Wildman–Crippen LogP) is 0.792. The molecule has 1 aliphatic heterocycles. The van der Waals surface area contributed by atoms with Gasteiger partial charge in [-0.25, -0.2) is 4.79 Å². The van der Waals surface area contributed by atoms with E-state index in [9.17, 15) is 19.6 Å². The lowest BCUT2D eigenvalue weighted by Crippen LogP contribution is -2.42. The monoisotopic (exact) mass is 390 g/mol. The van der Waals surface area contributed by atoms with E-state index in [0.717, 1.165) is 11.4 Å². The second-order valence-corrected chi connectivity index (χ2v) is 6.45. The van der Waals surface area contributed by atoms with Crippen LogP contribution in [0.1, 0.15) is 12.5 Å². The van der Waals surface area contributed by atoms with E-state index in [-0.39, 0.29) is 17.7 Å². The van der Waals surface area contributed by atoms with Crippen molar-refractivity contribution < 1.29 is 4.79 Å². The van der Waals surface area contributed by atoms with Crippen LogP contribution in [-0.2, 0) is 17.9 Å². The molecule has 9 nitrogen and oxygen atoms in total. The van der Waals surface area contributed by atoms with Crippen molar-refractivity contribution in [2.45, 2.75) is 20.0 Å². The fourth-order valence-electron chi connectivity index (χ4n) is 3.38. The number of rotatable bonds is 4. The van der Waals surface area contributed by atoms with Gasteiger partial charge in [0, 0.05) is 26.8 Å². The summed E-state index contributed by atoms with van der Waals surface area (Å²) in [7, 11) is 3.46. The molecule has 29 heavy (non-hydrogen) atoms. The number of Topliss-reactive ketones (excluding diaryl/α,β-unsaturated/α-hetero) is 1. The molecule has 1 aromatic heterocycles. The van der Waals surface area contributed by atoms with E-state index >= 15 is 0 Å². The molecular formula is C20H18N6O3. The minimum atomic E-state index is -0.853. The molecule has 0 radical (unpaired) electrons. The summed E-state index contributed by atoms with van der Waals surface area (Å²) in [5, 5.41) is 18.8. The van der Waals surface area contributed by atoms with E-state index in [4.69, 9.17) is 5.26 Å². The lowest BCUT2D eigenvalue weighted by atomic mass is 10.1. The molecule has 1 aromatic carbocycles. The van der Waals surface area contributed by atoms with Gasteiger partial charge in [-0.05, 0) is 19.1 Å². The summed E-state index contributed by atoms with van der Waals surface area (Å²) in [5.74, 6) is -0.329. The van der Waals surface area contributed by atoms with E-state index in [1.54, 1.807) is 36.9 Å². The Labute approximate surface area is 166 Å². The van der Waals surface area contributed by atoms with Crippen molar-refractivity contribution in [1.29, 1.82) is 10.5 Å². The van der Waals surface area contributed by atoms with Gasteiger partial charge < -0.3 is 9.80 Å². The lowest BCUT2D eigenvalue weighted by Gasteiger charge is -2.20. The van der Waals surface area contributed by atoms with Crippen LogP contribution in [0.4, 0.5) is 11.4 Å². The highest BCUT2D eigenvalue weighted by Crippen LogP contribution is 2.40. The molecule has 0 amide bonds. The number of nitrogens with zero attached hydrogens (tertiary/aromatic N) is 6. The van der Waals surface area contributed by atoms with Crippen LogP contribution >= 0.6 is 0 Å². The number of aryl methyl sites for hydroxylation is 1. The summed E-state index contributed by atoms with van der Waals surface area (Å²) in [4.78, 5) is 41.3. The number of ketones is 1. The van der Waals surface area contributed by atoms with Gasteiger partial charge in [0.2, 0.25) is 0 Å². The fourth-order valence-corrected chi connectivity index (χ4v) is 3.38. The van der Waals surface area contributed by atoms with Gasteiger partial charge in [0.15, 0.2) is 5.78 Å². The predicted molar refractivity (Wildman–Crippen MR) is 106 cm³/mol. The zero-order valence-electron chi connectivity index (χ0n) is 16.2. The molecule has 0 fully saturated rings. The van der Waals surface area contributed by atoms with Crippen molar-refractivity contribution in [2.75, 3.05) is 23.9 Å². The molecule has 9 heteroatoms. The van der Waals surface area contributed by atoms with Crippen molar-refractivity contribution in [3.8, 4) is 12.1 Å². The third kappa shape index (κ3) is 3.09. The van der Waals surface area contributed by atoms with Crippen LogP contribution < -0.4 is 21.0 Å². The molecule has 0 saturated carbocycles. The molecule has 0 saturated heterocycles. The number of hydrogen-bond acceptors (Lipinski definition) is 7. The van der Waals surface area contributed by atoms with Gasteiger partial charge in [-0.3, -0.25) is 18.7 Å². The SMILES string of the molecule is CCn1cc(C#N)c(=O)n(CC(=O)C(C#N)=C2N(C)c3ccccc3N2C)c1=O. The number of carbonyl (C=O) groups excluding carboxylic acids is 1. The van der Waals surface area contributed by atoms with Crippen molar-refractivity contribution in [3.05, 3.63) is 68.3 Å². The number of nitriles is 2. The van der Waals surface area contributed by atoms with Crippen molar-refractivity contribution >= 4 is 17.2 Å². The van der Waals surface area contributed by atoms with E-state index in [1.165, 1.54) is 10.8 Å². The van der Waals surface area contributed by atoms with Gasteiger partial charge in [-0.2, -0.15) is 10.5 Å². The summed E-state index contributed by atoms with van der Waals surface area (Å²) in [5.41, 5.74) is -0.335. The molecule has 0 spiro atoms. The largest absolute Gasteiger partial charge is 0.331 e. The van der Waals surface area contributed by atoms with Gasteiger partial charge in [-0.1, -0.05) is 12.1 Å². The fraction of sp³-hybridized carbons (Fsp3) is 0.250. The summed E-state index contributed by atoms with van der Waals surface area (Å²) in [6.45, 7) is 1.29. The summed E-state index contributed by atoms with van der Waals surface area (Å²) >= 11 is 0. The number of aromatic nitrogens is 2. The molecule has 0 bridgehead atoms. The van der Waals surface area contributed by atoms with E-state index < -0.39 is 23.6 Å². The third-order valence-corrected chi connectivity index (χ3v) is 4.85. The van der Waals surface area contributed by atoms with Crippen LogP contribution in [0.5, 0.6) is 0 Å². The Balaban J connectivity index is 2.10.